The summed E-state index contributed by atoms with van der Waals surface area (Å²) < 4.78 is 51.2. The van der Waals surface area contributed by atoms with Crippen LogP contribution in [-0.2, 0) is 29.8 Å². The third-order valence-corrected chi connectivity index (χ3v) is 7.60. The average Bonchev–Trinajstić information content (AvgIpc) is 3.05. The molecule has 11 heteroatoms. The zero-order valence-corrected chi connectivity index (χ0v) is 20.0. The van der Waals surface area contributed by atoms with E-state index in [1.807, 2.05) is 32.0 Å². The number of alkyl halides is 3. The molecule has 2 heterocycles. The van der Waals surface area contributed by atoms with Gasteiger partial charge in [-0.2, -0.15) is 17.5 Å². The van der Waals surface area contributed by atoms with E-state index < -0.39 is 35.0 Å². The molecule has 2 aliphatic rings. The number of nitrogens with zero attached hydrogens (tertiary/aromatic N) is 1. The largest absolute Gasteiger partial charge is 0.513 e. The van der Waals surface area contributed by atoms with Crippen molar-refractivity contribution in [3.63, 3.8) is 0 Å². The number of amides is 2. The molecule has 0 radical (unpaired) electrons. The Balaban J connectivity index is 1.81. The summed E-state index contributed by atoms with van der Waals surface area (Å²) in [6, 6.07) is 5.08. The third-order valence-electron chi connectivity index (χ3n) is 5.76. The predicted molar refractivity (Wildman–Crippen MR) is 121 cm³/mol. The van der Waals surface area contributed by atoms with Gasteiger partial charge in [-0.05, 0) is 57.1 Å². The van der Waals surface area contributed by atoms with E-state index in [1.54, 1.807) is 6.92 Å². The Morgan fingerprint density at radius 1 is 1.21 bits per heavy atom. The lowest BCUT2D eigenvalue weighted by atomic mass is 9.92. The smallest absolute Gasteiger partial charge is 0.434 e. The fraction of sp³-hybridized carbons (Fsp3) is 0.522. The second-order valence-corrected chi connectivity index (χ2v) is 10.2. The zero-order valence-electron chi connectivity index (χ0n) is 19.2. The summed E-state index contributed by atoms with van der Waals surface area (Å²) in [5, 5.41) is 2.89. The Labute approximate surface area is 198 Å². The first kappa shape index (κ1) is 25.9. The molecule has 3 rings (SSSR count). The highest BCUT2D eigenvalue weighted by molar-refractivity contribution is 7.87. The van der Waals surface area contributed by atoms with Gasteiger partial charge in [0.15, 0.2) is 0 Å². The quantitative estimate of drug-likeness (QED) is 0.606. The number of aryl methyl sites for hydroxylation is 2. The second kappa shape index (κ2) is 10.7. The lowest BCUT2D eigenvalue weighted by molar-refractivity contribution is -0.169. The molecule has 0 saturated carbocycles. The van der Waals surface area contributed by atoms with Gasteiger partial charge in [0.25, 0.3) is 5.91 Å². The van der Waals surface area contributed by atoms with Crippen LogP contribution in [0.2, 0.25) is 0 Å². The monoisotopic (exact) mass is 500 g/mol. The average molecular weight is 501 g/mol. The maximum Gasteiger partial charge on any atom is 0.513 e. The van der Waals surface area contributed by atoms with E-state index >= 15 is 0 Å². The summed E-state index contributed by atoms with van der Waals surface area (Å²) in [5.74, 6) is -1.41. The van der Waals surface area contributed by atoms with Gasteiger partial charge in [0, 0.05) is 11.5 Å². The lowest BCUT2D eigenvalue weighted by Crippen LogP contribution is -2.34. The molecule has 1 aromatic rings. The number of hydrogen-bond donors (Lipinski definition) is 1. The Kier molecular flexibility index (Phi) is 8.17. The molecule has 0 aliphatic carbocycles. The Morgan fingerprint density at radius 2 is 1.88 bits per heavy atom. The van der Waals surface area contributed by atoms with Crippen LogP contribution in [0.5, 0.6) is 0 Å². The molecule has 0 bridgehead atoms. The highest BCUT2D eigenvalue weighted by Crippen LogP contribution is 2.35. The molecule has 1 saturated heterocycles. The second-order valence-electron chi connectivity index (χ2n) is 8.31. The molecule has 186 valence electrons. The van der Waals surface area contributed by atoms with Crippen molar-refractivity contribution in [3.8, 4) is 0 Å². The minimum Gasteiger partial charge on any atom is -0.434 e. The van der Waals surface area contributed by atoms with E-state index in [9.17, 15) is 27.6 Å². The van der Waals surface area contributed by atoms with Gasteiger partial charge in [-0.15, -0.1) is 0 Å². The van der Waals surface area contributed by atoms with Gasteiger partial charge in [0.1, 0.15) is 5.76 Å². The summed E-state index contributed by atoms with van der Waals surface area (Å²) in [6.07, 6.45) is -4.31. The summed E-state index contributed by atoms with van der Waals surface area (Å²) in [7, 11) is -0.964. The fourth-order valence-electron chi connectivity index (χ4n) is 4.05. The van der Waals surface area contributed by atoms with E-state index in [-0.39, 0.29) is 29.8 Å². The summed E-state index contributed by atoms with van der Waals surface area (Å²) in [5.41, 5.74) is 2.73. The van der Waals surface area contributed by atoms with Crippen LogP contribution in [0.1, 0.15) is 42.9 Å². The van der Waals surface area contributed by atoms with Gasteiger partial charge < -0.3 is 14.8 Å². The molecular formula is C23H27F3N2O5S. The van der Waals surface area contributed by atoms with Crippen molar-refractivity contribution >= 4 is 34.2 Å². The van der Waals surface area contributed by atoms with Crippen LogP contribution in [0.15, 0.2) is 28.3 Å². The Morgan fingerprint density at radius 3 is 2.50 bits per heavy atom. The molecule has 34 heavy (non-hydrogen) atoms. The molecule has 1 atom stereocenters. The van der Waals surface area contributed by atoms with E-state index in [0.29, 0.717) is 36.3 Å². The molecule has 7 nitrogen and oxygen atoms in total. The first-order valence-corrected chi connectivity index (χ1v) is 12.5. The fourth-order valence-corrected chi connectivity index (χ4v) is 5.98. The number of nitrogens with one attached hydrogen (secondary N) is 1. The van der Waals surface area contributed by atoms with Gasteiger partial charge in [0.05, 0.1) is 18.2 Å². The number of carbonyl (C=O) groups is 3. The van der Waals surface area contributed by atoms with Crippen molar-refractivity contribution in [2.24, 2.45) is 10.3 Å². The van der Waals surface area contributed by atoms with E-state index in [4.69, 9.17) is 9.47 Å². The highest BCUT2D eigenvalue weighted by atomic mass is 32.2. The van der Waals surface area contributed by atoms with Crippen molar-refractivity contribution in [2.45, 2.75) is 52.3 Å². The van der Waals surface area contributed by atoms with E-state index in [2.05, 4.69) is 9.68 Å². The first-order chi connectivity index (χ1) is 16.0. The molecule has 0 aromatic heterocycles. The van der Waals surface area contributed by atoms with Crippen LogP contribution in [0.25, 0.3) is 5.57 Å². The minimum absolute atomic E-state index is 0.0593. The van der Waals surface area contributed by atoms with Gasteiger partial charge >= 0.3 is 18.2 Å². The molecular weight excluding hydrogens is 473 g/mol. The lowest BCUT2D eigenvalue weighted by Gasteiger charge is -2.26. The SMILES string of the molecule is CCOC(=O)OC1=C(c2cc(C)ccc2C)C(=O)NC1CC1CCS(=NC(=O)C(F)(F)F)CC1. The molecule has 1 fully saturated rings. The number of ether oxygens (including phenoxy) is 2. The Hall–Kier alpha value is -2.69. The van der Waals surface area contributed by atoms with E-state index in [0.717, 1.165) is 11.1 Å². The van der Waals surface area contributed by atoms with Crippen LogP contribution in [0.3, 0.4) is 0 Å². The van der Waals surface area contributed by atoms with Crippen molar-refractivity contribution < 1.29 is 37.0 Å². The molecule has 1 N–H and O–H groups in total. The van der Waals surface area contributed by atoms with Crippen LogP contribution in [0, 0.1) is 19.8 Å². The van der Waals surface area contributed by atoms with Crippen molar-refractivity contribution in [1.82, 2.24) is 5.32 Å². The predicted octanol–water partition coefficient (Wildman–Crippen LogP) is 4.38. The number of hydrogen-bond acceptors (Lipinski definition) is 5. The number of halogens is 3. The van der Waals surface area contributed by atoms with Crippen molar-refractivity contribution in [2.75, 3.05) is 18.1 Å². The third kappa shape index (κ3) is 6.25. The summed E-state index contributed by atoms with van der Waals surface area (Å²) >= 11 is 0. The van der Waals surface area contributed by atoms with Gasteiger partial charge in [-0.1, -0.05) is 34.5 Å². The zero-order chi connectivity index (χ0) is 25.0. The van der Waals surface area contributed by atoms with Crippen LogP contribution in [-0.4, -0.2) is 48.3 Å². The van der Waals surface area contributed by atoms with Crippen LogP contribution < -0.4 is 5.32 Å². The van der Waals surface area contributed by atoms with Gasteiger partial charge in [0.2, 0.25) is 0 Å². The van der Waals surface area contributed by atoms with Crippen molar-refractivity contribution in [3.05, 3.63) is 40.6 Å². The highest BCUT2D eigenvalue weighted by Gasteiger charge is 2.40. The van der Waals surface area contributed by atoms with Crippen LogP contribution >= 0.6 is 0 Å². The molecule has 1 unspecified atom stereocenters. The maximum atomic E-state index is 12.9. The minimum atomic E-state index is -4.95. The normalized spacial score (nSPS) is 22.9. The van der Waals surface area contributed by atoms with E-state index in [1.165, 1.54) is 0 Å². The number of rotatable bonds is 5. The standard InChI is InChI=1S/C23H27F3N2O5S/c1-4-32-22(31)33-19-17(27-20(29)18(19)16-11-13(2)5-6-14(16)3)12-15-7-9-34(10-8-15)28-21(30)23(24,25)26/h5-6,11,15,17H,4,7-10,12H2,1-3H3,(H,27,29). The van der Waals surface area contributed by atoms with Gasteiger partial charge in [-0.25, -0.2) is 4.79 Å². The first-order valence-electron chi connectivity index (χ1n) is 11.0. The molecule has 1 aromatic carbocycles. The summed E-state index contributed by atoms with van der Waals surface area (Å²) in [6.45, 7) is 5.51. The van der Waals surface area contributed by atoms with Crippen molar-refractivity contribution in [1.29, 1.82) is 0 Å². The number of benzene rings is 1. The topological polar surface area (TPSA) is 94.1 Å². The Bertz CT molecular complexity index is 1040. The molecule has 0 spiro atoms. The maximum absolute atomic E-state index is 12.9. The summed E-state index contributed by atoms with van der Waals surface area (Å²) in [4.78, 5) is 36.2. The molecule has 2 aliphatic heterocycles. The van der Waals surface area contributed by atoms with Crippen LogP contribution in [0.4, 0.5) is 18.0 Å². The molecule has 2 amide bonds. The van der Waals surface area contributed by atoms with Gasteiger partial charge in [-0.3, -0.25) is 9.59 Å². The number of carbonyl (C=O) groups excluding carboxylic acids is 3.